The Labute approximate surface area is 162 Å². The van der Waals surface area contributed by atoms with E-state index in [1.807, 2.05) is 38.1 Å². The molecule has 2 unspecified atom stereocenters. The van der Waals surface area contributed by atoms with E-state index >= 15 is 0 Å². The molecule has 0 aliphatic carbocycles. The van der Waals surface area contributed by atoms with E-state index in [2.05, 4.69) is 17.3 Å². The summed E-state index contributed by atoms with van der Waals surface area (Å²) in [5.74, 6) is 0.385. The highest BCUT2D eigenvalue weighted by Gasteiger charge is 2.56. The van der Waals surface area contributed by atoms with Gasteiger partial charge in [0.1, 0.15) is 5.75 Å². The normalized spacial score (nSPS) is 28.7. The van der Waals surface area contributed by atoms with E-state index in [0.717, 1.165) is 30.7 Å². The number of imide groups is 1. The molecule has 1 aromatic carbocycles. The summed E-state index contributed by atoms with van der Waals surface area (Å²) in [7, 11) is 3.82. The number of likely N-dealkylation sites (tertiary alicyclic amines) is 1. The van der Waals surface area contributed by atoms with Crippen molar-refractivity contribution < 1.29 is 14.3 Å². The van der Waals surface area contributed by atoms with Gasteiger partial charge in [0.15, 0.2) is 0 Å². The molecule has 27 heavy (non-hydrogen) atoms. The van der Waals surface area contributed by atoms with Crippen LogP contribution in [-0.4, -0.2) is 43.5 Å². The Hall–Kier alpha value is -1.88. The minimum atomic E-state index is -0.742. The first kappa shape index (κ1) is 19.9. The van der Waals surface area contributed by atoms with Crippen LogP contribution in [0.1, 0.15) is 57.9 Å². The van der Waals surface area contributed by atoms with Gasteiger partial charge in [-0.15, -0.1) is 0 Å². The second kappa shape index (κ2) is 7.63. The number of amides is 2. The van der Waals surface area contributed by atoms with Crippen LogP contribution in [0.15, 0.2) is 24.3 Å². The molecule has 5 nitrogen and oxygen atoms in total. The summed E-state index contributed by atoms with van der Waals surface area (Å²) in [6, 6.07) is 8.28. The number of carbonyl (C=O) groups excluding carboxylic acids is 2. The van der Waals surface area contributed by atoms with Gasteiger partial charge in [-0.25, -0.2) is 0 Å². The summed E-state index contributed by atoms with van der Waals surface area (Å²) in [5, 5.41) is 2.63. The van der Waals surface area contributed by atoms with Crippen molar-refractivity contribution in [3.63, 3.8) is 0 Å². The molecule has 148 valence electrons. The smallest absolute Gasteiger partial charge is 0.237 e. The number of benzene rings is 1. The SMILES string of the molecule is COc1cccc(C2(CCC3CCCCN3C)C(=O)NC(=O)CC2(C)C)c1. The second-order valence-corrected chi connectivity index (χ2v) is 8.74. The standard InChI is InChI=1S/C22H32N2O3/c1-21(2)15-19(25)23-20(26)22(21,16-8-7-10-18(14-16)27-4)12-11-17-9-5-6-13-24(17)3/h7-8,10,14,17H,5-6,9,11-13,15H2,1-4H3,(H,23,25,26). The van der Waals surface area contributed by atoms with Crippen LogP contribution in [0.25, 0.3) is 0 Å². The predicted octanol–water partition coefficient (Wildman–Crippen LogP) is 3.27. The third-order valence-electron chi connectivity index (χ3n) is 6.74. The summed E-state index contributed by atoms with van der Waals surface area (Å²) < 4.78 is 5.42. The van der Waals surface area contributed by atoms with E-state index in [-0.39, 0.29) is 11.8 Å². The van der Waals surface area contributed by atoms with E-state index < -0.39 is 10.8 Å². The van der Waals surface area contributed by atoms with Gasteiger partial charge in [0.2, 0.25) is 11.8 Å². The van der Waals surface area contributed by atoms with Crippen LogP contribution < -0.4 is 10.1 Å². The van der Waals surface area contributed by atoms with Gasteiger partial charge in [-0.1, -0.05) is 32.4 Å². The summed E-state index contributed by atoms with van der Waals surface area (Å²) >= 11 is 0. The van der Waals surface area contributed by atoms with Gasteiger partial charge in [0, 0.05) is 12.5 Å². The molecule has 0 bridgehead atoms. The lowest BCUT2D eigenvalue weighted by Crippen LogP contribution is -2.61. The van der Waals surface area contributed by atoms with Gasteiger partial charge in [0.05, 0.1) is 12.5 Å². The number of nitrogens with one attached hydrogen (secondary N) is 1. The fraction of sp³-hybridized carbons (Fsp3) is 0.636. The first-order valence-electron chi connectivity index (χ1n) is 9.99. The number of hydrogen-bond acceptors (Lipinski definition) is 4. The van der Waals surface area contributed by atoms with Crippen molar-refractivity contribution in [1.82, 2.24) is 10.2 Å². The lowest BCUT2D eigenvalue weighted by molar-refractivity contribution is -0.145. The minimum Gasteiger partial charge on any atom is -0.497 e. The van der Waals surface area contributed by atoms with Crippen molar-refractivity contribution in [2.45, 2.75) is 63.8 Å². The number of hydrogen-bond donors (Lipinski definition) is 1. The van der Waals surface area contributed by atoms with Gasteiger partial charge in [-0.3, -0.25) is 14.9 Å². The molecule has 1 N–H and O–H groups in total. The molecule has 5 heteroatoms. The molecule has 2 saturated heterocycles. The van der Waals surface area contributed by atoms with Crippen molar-refractivity contribution >= 4 is 11.8 Å². The van der Waals surface area contributed by atoms with Gasteiger partial charge >= 0.3 is 0 Å². The maximum Gasteiger partial charge on any atom is 0.237 e. The van der Waals surface area contributed by atoms with Gasteiger partial charge in [-0.2, -0.15) is 0 Å². The van der Waals surface area contributed by atoms with Crippen LogP contribution in [0.3, 0.4) is 0 Å². The Morgan fingerprint density at radius 2 is 2.04 bits per heavy atom. The minimum absolute atomic E-state index is 0.171. The van der Waals surface area contributed by atoms with Crippen molar-refractivity contribution in [2.75, 3.05) is 20.7 Å². The molecule has 0 spiro atoms. The molecular formula is C22H32N2O3. The third-order valence-corrected chi connectivity index (χ3v) is 6.74. The highest BCUT2D eigenvalue weighted by atomic mass is 16.5. The molecule has 2 fully saturated rings. The highest BCUT2D eigenvalue weighted by molar-refractivity contribution is 6.04. The molecule has 0 radical (unpaired) electrons. The predicted molar refractivity (Wildman–Crippen MR) is 106 cm³/mol. The molecule has 1 aromatic rings. The number of rotatable bonds is 5. The van der Waals surface area contributed by atoms with Crippen molar-refractivity contribution in [2.24, 2.45) is 5.41 Å². The average molecular weight is 373 g/mol. The highest BCUT2D eigenvalue weighted by Crippen LogP contribution is 2.51. The molecular weight excluding hydrogens is 340 g/mol. The van der Waals surface area contributed by atoms with E-state index in [1.165, 1.54) is 19.3 Å². The maximum absolute atomic E-state index is 13.3. The van der Waals surface area contributed by atoms with Crippen LogP contribution in [0.5, 0.6) is 5.75 Å². The molecule has 2 heterocycles. The summed E-state index contributed by atoms with van der Waals surface area (Å²) in [5.41, 5.74) is -0.268. The third kappa shape index (κ3) is 3.62. The van der Waals surface area contributed by atoms with Crippen molar-refractivity contribution in [1.29, 1.82) is 0 Å². The van der Waals surface area contributed by atoms with Gasteiger partial charge < -0.3 is 9.64 Å². The van der Waals surface area contributed by atoms with Crippen LogP contribution in [-0.2, 0) is 15.0 Å². The Balaban J connectivity index is 2.00. The van der Waals surface area contributed by atoms with Gasteiger partial charge in [-0.05, 0) is 62.4 Å². The van der Waals surface area contributed by atoms with Crippen LogP contribution in [0, 0.1) is 5.41 Å². The molecule has 2 amide bonds. The molecule has 2 atom stereocenters. The number of nitrogens with zero attached hydrogens (tertiary/aromatic N) is 1. The van der Waals surface area contributed by atoms with E-state index in [4.69, 9.17) is 4.74 Å². The second-order valence-electron chi connectivity index (χ2n) is 8.74. The fourth-order valence-electron chi connectivity index (χ4n) is 5.04. The zero-order valence-electron chi connectivity index (χ0n) is 17.0. The summed E-state index contributed by atoms with van der Waals surface area (Å²) in [6.07, 6.45) is 5.67. The molecule has 2 aliphatic rings. The summed E-state index contributed by atoms with van der Waals surface area (Å²) in [4.78, 5) is 27.9. The average Bonchev–Trinajstić information content (AvgIpc) is 2.62. The fourth-order valence-corrected chi connectivity index (χ4v) is 5.04. The zero-order valence-corrected chi connectivity index (χ0v) is 17.0. The molecule has 3 rings (SSSR count). The largest absolute Gasteiger partial charge is 0.497 e. The molecule has 0 saturated carbocycles. The lowest BCUT2D eigenvalue weighted by Gasteiger charge is -2.49. The van der Waals surface area contributed by atoms with Crippen LogP contribution >= 0.6 is 0 Å². The van der Waals surface area contributed by atoms with Gasteiger partial charge in [0.25, 0.3) is 0 Å². The zero-order chi connectivity index (χ0) is 19.7. The number of methoxy groups -OCH3 is 1. The monoisotopic (exact) mass is 372 g/mol. The Kier molecular flexibility index (Phi) is 5.61. The van der Waals surface area contributed by atoms with E-state index in [0.29, 0.717) is 12.5 Å². The first-order chi connectivity index (χ1) is 12.8. The number of ether oxygens (including phenoxy) is 1. The Morgan fingerprint density at radius 3 is 2.70 bits per heavy atom. The quantitative estimate of drug-likeness (QED) is 0.806. The Morgan fingerprint density at radius 1 is 1.26 bits per heavy atom. The van der Waals surface area contributed by atoms with Crippen molar-refractivity contribution in [3.8, 4) is 5.75 Å². The van der Waals surface area contributed by atoms with E-state index in [9.17, 15) is 9.59 Å². The Bertz CT molecular complexity index is 715. The van der Waals surface area contributed by atoms with Crippen molar-refractivity contribution in [3.05, 3.63) is 29.8 Å². The maximum atomic E-state index is 13.3. The first-order valence-corrected chi connectivity index (χ1v) is 9.99. The van der Waals surface area contributed by atoms with Crippen LogP contribution in [0.4, 0.5) is 0 Å². The summed E-state index contributed by atoms with van der Waals surface area (Å²) in [6.45, 7) is 5.21. The topological polar surface area (TPSA) is 58.6 Å². The van der Waals surface area contributed by atoms with Crippen LogP contribution in [0.2, 0.25) is 0 Å². The number of piperidine rings is 2. The molecule has 0 aromatic heterocycles. The lowest BCUT2D eigenvalue weighted by atomic mass is 9.55. The molecule has 2 aliphatic heterocycles. The number of carbonyl (C=O) groups is 2. The van der Waals surface area contributed by atoms with E-state index in [1.54, 1.807) is 7.11 Å².